The Morgan fingerprint density at radius 1 is 0.800 bits per heavy atom. The number of carbonyl (C=O) groups excluding carboxylic acids is 2. The molecule has 0 aliphatic carbocycles. The first-order chi connectivity index (χ1) is 19.5. The first kappa shape index (κ1) is 27.8. The van der Waals surface area contributed by atoms with Crippen LogP contribution in [0.1, 0.15) is 21.5 Å². The van der Waals surface area contributed by atoms with Gasteiger partial charge in [-0.05, 0) is 53.6 Å². The van der Waals surface area contributed by atoms with Crippen molar-refractivity contribution in [3.63, 3.8) is 0 Å². The summed E-state index contributed by atoms with van der Waals surface area (Å²) < 4.78 is 5.44. The number of likely N-dealkylation sites (N-methyl/N-ethyl adjacent to an activating group) is 1. The van der Waals surface area contributed by atoms with Crippen LogP contribution in [0.25, 0.3) is 11.1 Å². The lowest BCUT2D eigenvalue weighted by Crippen LogP contribution is -2.48. The molecule has 2 heterocycles. The highest BCUT2D eigenvalue weighted by Gasteiger charge is 2.24. The van der Waals surface area contributed by atoms with Crippen LogP contribution in [-0.4, -0.2) is 91.4 Å². The van der Waals surface area contributed by atoms with Gasteiger partial charge in [-0.25, -0.2) is 10.3 Å². The molecule has 3 aromatic rings. The van der Waals surface area contributed by atoms with Crippen LogP contribution >= 0.6 is 0 Å². The van der Waals surface area contributed by atoms with E-state index in [-0.39, 0.29) is 6.03 Å². The van der Waals surface area contributed by atoms with E-state index in [2.05, 4.69) is 53.2 Å². The predicted molar refractivity (Wildman–Crippen MR) is 154 cm³/mol. The lowest BCUT2D eigenvalue weighted by Gasteiger charge is -2.33. The van der Waals surface area contributed by atoms with Gasteiger partial charge in [-0.3, -0.25) is 19.8 Å². The van der Waals surface area contributed by atoms with Crippen molar-refractivity contribution < 1.29 is 19.5 Å². The molecule has 2 fully saturated rings. The fraction of sp³-hybridized carbons (Fsp3) is 0.355. The van der Waals surface area contributed by atoms with Gasteiger partial charge >= 0.3 is 6.03 Å². The zero-order valence-electron chi connectivity index (χ0n) is 23.0. The van der Waals surface area contributed by atoms with Gasteiger partial charge < -0.3 is 14.5 Å². The van der Waals surface area contributed by atoms with Crippen molar-refractivity contribution in [3.05, 3.63) is 89.5 Å². The van der Waals surface area contributed by atoms with E-state index >= 15 is 0 Å². The average Bonchev–Trinajstić information content (AvgIpc) is 3.01. The van der Waals surface area contributed by atoms with Crippen LogP contribution in [0.2, 0.25) is 0 Å². The van der Waals surface area contributed by atoms with E-state index in [1.54, 1.807) is 34.6 Å². The van der Waals surface area contributed by atoms with Crippen LogP contribution in [0.3, 0.4) is 0 Å². The number of carbonyl (C=O) groups is 2. The third-order valence-corrected chi connectivity index (χ3v) is 7.64. The summed E-state index contributed by atoms with van der Waals surface area (Å²) >= 11 is 0. The fourth-order valence-electron chi connectivity index (χ4n) is 5.10. The number of piperazine rings is 1. The van der Waals surface area contributed by atoms with Gasteiger partial charge in [0.15, 0.2) is 0 Å². The van der Waals surface area contributed by atoms with E-state index in [1.165, 1.54) is 5.56 Å². The van der Waals surface area contributed by atoms with Gasteiger partial charge in [0, 0.05) is 57.1 Å². The fourth-order valence-corrected chi connectivity index (χ4v) is 5.10. The van der Waals surface area contributed by atoms with Gasteiger partial charge in [0.25, 0.3) is 5.91 Å². The van der Waals surface area contributed by atoms with Crippen LogP contribution in [0.5, 0.6) is 0 Å². The Bertz CT molecular complexity index is 1270. The summed E-state index contributed by atoms with van der Waals surface area (Å²) in [5.41, 5.74) is 7.20. The molecule has 3 aromatic carbocycles. The highest BCUT2D eigenvalue weighted by Crippen LogP contribution is 2.26. The van der Waals surface area contributed by atoms with Crippen molar-refractivity contribution in [2.75, 3.05) is 64.4 Å². The number of nitrogens with zero attached hydrogens (tertiary/aromatic N) is 4. The number of nitrogens with one attached hydrogen (secondary N) is 1. The van der Waals surface area contributed by atoms with Gasteiger partial charge in [-0.1, -0.05) is 48.5 Å². The number of anilines is 1. The molecule has 2 N–H and O–H groups in total. The van der Waals surface area contributed by atoms with Crippen molar-refractivity contribution in [1.29, 1.82) is 0 Å². The Balaban J connectivity index is 1.31. The van der Waals surface area contributed by atoms with E-state index < -0.39 is 5.91 Å². The number of hydroxylamine groups is 1. The van der Waals surface area contributed by atoms with E-state index in [9.17, 15) is 9.59 Å². The van der Waals surface area contributed by atoms with E-state index in [1.807, 2.05) is 17.0 Å². The summed E-state index contributed by atoms with van der Waals surface area (Å²) in [5.74, 6) is -0.573. The molecule has 9 nitrogen and oxygen atoms in total. The summed E-state index contributed by atoms with van der Waals surface area (Å²) in [6.07, 6.45) is 0. The second-order valence-electron chi connectivity index (χ2n) is 10.4. The third kappa shape index (κ3) is 6.86. The van der Waals surface area contributed by atoms with Crippen LogP contribution in [0.4, 0.5) is 10.5 Å². The first-order valence-electron chi connectivity index (χ1n) is 13.8. The molecule has 0 aromatic heterocycles. The second-order valence-corrected chi connectivity index (χ2v) is 10.4. The number of urea groups is 1. The monoisotopic (exact) mass is 543 g/mol. The van der Waals surface area contributed by atoms with Gasteiger partial charge in [0.05, 0.1) is 19.8 Å². The molecule has 0 bridgehead atoms. The van der Waals surface area contributed by atoms with Gasteiger partial charge in [0.1, 0.15) is 0 Å². The molecule has 2 aliphatic rings. The number of morpholine rings is 1. The van der Waals surface area contributed by atoms with Crippen LogP contribution in [-0.2, 0) is 17.8 Å². The Morgan fingerprint density at radius 3 is 1.98 bits per heavy atom. The minimum absolute atomic E-state index is 0.0820. The molecule has 0 saturated carbocycles. The number of benzene rings is 3. The molecular formula is C31H37N5O4. The number of rotatable bonds is 7. The second kappa shape index (κ2) is 13.1. The summed E-state index contributed by atoms with van der Waals surface area (Å²) in [6, 6.07) is 23.6. The molecule has 9 heteroatoms. The Labute approximate surface area is 235 Å². The minimum Gasteiger partial charge on any atom is -0.378 e. The summed E-state index contributed by atoms with van der Waals surface area (Å²) in [7, 11) is 2.17. The summed E-state index contributed by atoms with van der Waals surface area (Å²) in [5, 5.41) is 8.89. The quantitative estimate of drug-likeness (QED) is 0.349. The molecule has 0 spiro atoms. The average molecular weight is 544 g/mol. The normalized spacial score (nSPS) is 16.5. The first-order valence-corrected chi connectivity index (χ1v) is 13.8. The zero-order valence-corrected chi connectivity index (χ0v) is 23.0. The smallest absolute Gasteiger partial charge is 0.324 e. The number of hydrogen-bond donors (Lipinski definition) is 2. The maximum atomic E-state index is 13.6. The summed E-state index contributed by atoms with van der Waals surface area (Å²) in [6.45, 7) is 7.87. The molecule has 2 aliphatic heterocycles. The zero-order chi connectivity index (χ0) is 27.9. The predicted octanol–water partition coefficient (Wildman–Crippen LogP) is 3.68. The molecule has 2 saturated heterocycles. The molecule has 0 unspecified atom stereocenters. The number of amides is 3. The topological polar surface area (TPSA) is 88.6 Å². The van der Waals surface area contributed by atoms with Gasteiger partial charge in [-0.2, -0.15) is 0 Å². The molecule has 3 amide bonds. The van der Waals surface area contributed by atoms with Crippen LogP contribution in [0.15, 0.2) is 72.8 Å². The number of hydrogen-bond acceptors (Lipinski definition) is 6. The highest BCUT2D eigenvalue weighted by molar-refractivity contribution is 5.94. The molecule has 5 rings (SSSR count). The van der Waals surface area contributed by atoms with E-state index in [0.29, 0.717) is 38.4 Å². The van der Waals surface area contributed by atoms with Crippen molar-refractivity contribution in [1.82, 2.24) is 20.2 Å². The maximum absolute atomic E-state index is 13.6. The Kier molecular flexibility index (Phi) is 9.08. The standard InChI is InChI=1S/C31H37N5O4/c1-33-14-16-34(17-15-33)22-24-2-6-26(7-3-24)27-10-12-29(13-11-27)36(31(38)35-18-20-40-21-19-35)23-25-4-8-28(9-5-25)30(37)32-39/h2-13,39H,14-23H2,1H3,(H,32,37). The van der Waals surface area contributed by atoms with Crippen molar-refractivity contribution in [3.8, 4) is 11.1 Å². The summed E-state index contributed by atoms with van der Waals surface area (Å²) in [4.78, 5) is 33.7. The van der Waals surface area contributed by atoms with Crippen LogP contribution in [0, 0.1) is 0 Å². The Hall–Kier alpha value is -3.76. The molecule has 0 atom stereocenters. The highest BCUT2D eigenvalue weighted by atomic mass is 16.5. The lowest BCUT2D eigenvalue weighted by atomic mass is 10.0. The van der Waals surface area contributed by atoms with Crippen molar-refractivity contribution in [2.45, 2.75) is 13.1 Å². The molecule has 40 heavy (non-hydrogen) atoms. The third-order valence-electron chi connectivity index (χ3n) is 7.64. The van der Waals surface area contributed by atoms with Crippen molar-refractivity contribution in [2.24, 2.45) is 0 Å². The SMILES string of the molecule is CN1CCN(Cc2ccc(-c3ccc(N(Cc4ccc(C(=O)NO)cc4)C(=O)N4CCOCC4)cc3)cc2)CC1. The largest absolute Gasteiger partial charge is 0.378 e. The maximum Gasteiger partial charge on any atom is 0.324 e. The van der Waals surface area contributed by atoms with Crippen LogP contribution < -0.4 is 10.4 Å². The molecule has 0 radical (unpaired) electrons. The van der Waals surface area contributed by atoms with Gasteiger partial charge in [0.2, 0.25) is 0 Å². The molecule has 210 valence electrons. The van der Waals surface area contributed by atoms with E-state index in [4.69, 9.17) is 9.94 Å². The molecular weight excluding hydrogens is 506 g/mol. The van der Waals surface area contributed by atoms with E-state index in [0.717, 1.165) is 55.1 Å². The number of ether oxygens (including phenoxy) is 1. The van der Waals surface area contributed by atoms with Gasteiger partial charge in [-0.15, -0.1) is 0 Å². The minimum atomic E-state index is -0.573. The lowest BCUT2D eigenvalue weighted by molar-refractivity contribution is 0.0548. The Morgan fingerprint density at radius 2 is 1.38 bits per heavy atom. The van der Waals surface area contributed by atoms with Crippen molar-refractivity contribution >= 4 is 17.6 Å².